The second kappa shape index (κ2) is 17.0. The normalized spacial score (nSPS) is 26.5. The zero-order valence-electron chi connectivity index (χ0n) is 33.0. The number of fused-ring (bicyclic) bond motifs is 3. The van der Waals surface area contributed by atoms with Gasteiger partial charge in [0.2, 0.25) is 5.78 Å². The molecule has 294 valence electrons. The number of guanidine groups is 1. The predicted octanol–water partition coefficient (Wildman–Crippen LogP) is 5.19. The Labute approximate surface area is 324 Å². The van der Waals surface area contributed by atoms with Gasteiger partial charge >= 0.3 is 5.97 Å². The Balaban J connectivity index is 1.30. The summed E-state index contributed by atoms with van der Waals surface area (Å²) >= 11 is 0. The summed E-state index contributed by atoms with van der Waals surface area (Å²) in [6, 6.07) is 8.93. The number of carbonyl (C=O) groups is 3. The van der Waals surface area contributed by atoms with Crippen molar-refractivity contribution in [1.29, 1.82) is 0 Å². The van der Waals surface area contributed by atoms with E-state index < -0.39 is 23.0 Å². The monoisotopic (exact) mass is 751 g/mol. The van der Waals surface area contributed by atoms with E-state index in [2.05, 4.69) is 70.2 Å². The van der Waals surface area contributed by atoms with Gasteiger partial charge in [-0.15, -0.1) is 0 Å². The van der Waals surface area contributed by atoms with Crippen molar-refractivity contribution < 1.29 is 23.9 Å². The molecule has 0 radical (unpaired) electrons. The highest BCUT2D eigenvalue weighted by Gasteiger charge is 2.85. The molecule has 3 aliphatic carbocycles. The molecule has 2 aromatic rings. The molecule has 0 amide bonds. The Morgan fingerprint density at radius 1 is 1.22 bits per heavy atom. The van der Waals surface area contributed by atoms with E-state index in [0.29, 0.717) is 36.8 Å². The number of carbonyl (C=O) groups excluding carboxylic acids is 3. The fourth-order valence-electron chi connectivity index (χ4n) is 8.51. The van der Waals surface area contributed by atoms with Gasteiger partial charge in [0, 0.05) is 42.8 Å². The molecule has 12 nitrogen and oxygen atoms in total. The number of ether oxygens (including phenoxy) is 2. The van der Waals surface area contributed by atoms with Crippen molar-refractivity contribution in [3.8, 4) is 0 Å². The van der Waals surface area contributed by atoms with Crippen LogP contribution in [0.4, 0.5) is 5.82 Å². The maximum Gasteiger partial charge on any atom is 0.350 e. The highest BCUT2D eigenvalue weighted by atomic mass is 16.7. The fourth-order valence-corrected chi connectivity index (χ4v) is 8.51. The first-order valence-corrected chi connectivity index (χ1v) is 19.7. The first kappa shape index (κ1) is 40.0. The summed E-state index contributed by atoms with van der Waals surface area (Å²) in [6.45, 7) is 9.55. The fraction of sp³-hybridized carbons (Fsp3) is 0.512. The lowest BCUT2D eigenvalue weighted by molar-refractivity contribution is -0.150. The first-order chi connectivity index (χ1) is 26.5. The lowest BCUT2D eigenvalue weighted by atomic mass is 9.70. The van der Waals surface area contributed by atoms with Gasteiger partial charge < -0.3 is 36.5 Å². The molecule has 6 unspecified atom stereocenters. The molecule has 12 heteroatoms. The van der Waals surface area contributed by atoms with Crippen molar-refractivity contribution in [1.82, 2.24) is 20.9 Å². The molecule has 6 atom stereocenters. The number of hydrogen-bond donors (Lipinski definition) is 5. The van der Waals surface area contributed by atoms with Crippen LogP contribution in [-0.2, 0) is 20.7 Å². The van der Waals surface area contributed by atoms with Gasteiger partial charge in [0.05, 0.1) is 19.3 Å². The van der Waals surface area contributed by atoms with Gasteiger partial charge in [-0.1, -0.05) is 68.8 Å². The van der Waals surface area contributed by atoms with E-state index in [1.54, 1.807) is 25.4 Å². The van der Waals surface area contributed by atoms with Crippen LogP contribution in [0.3, 0.4) is 0 Å². The third kappa shape index (κ3) is 8.03. The number of Topliss-reactive ketones (excluding diaryl/α,β-unsaturated/α-hetero) is 2. The van der Waals surface area contributed by atoms with Gasteiger partial charge in [0.15, 0.2) is 17.3 Å². The number of epoxide rings is 1. The third-order valence-corrected chi connectivity index (χ3v) is 11.3. The summed E-state index contributed by atoms with van der Waals surface area (Å²) in [5, 5.41) is 13.1. The van der Waals surface area contributed by atoms with E-state index >= 15 is 0 Å². The van der Waals surface area contributed by atoms with Crippen molar-refractivity contribution in [3.05, 3.63) is 94.2 Å². The number of allylic oxidation sites excluding steroid dienone is 3. The van der Waals surface area contributed by atoms with E-state index in [1.165, 1.54) is 5.57 Å². The van der Waals surface area contributed by atoms with Crippen LogP contribution < -0.4 is 27.0 Å². The van der Waals surface area contributed by atoms with E-state index in [0.717, 1.165) is 42.5 Å². The molecule has 55 heavy (non-hydrogen) atoms. The summed E-state index contributed by atoms with van der Waals surface area (Å²) < 4.78 is 12.5. The lowest BCUT2D eigenvalue weighted by Gasteiger charge is -2.36. The zero-order chi connectivity index (χ0) is 39.3. The molecule has 1 aromatic carbocycles. The van der Waals surface area contributed by atoms with Crippen LogP contribution in [0.15, 0.2) is 77.0 Å². The van der Waals surface area contributed by atoms with E-state index in [9.17, 15) is 14.4 Å². The first-order valence-electron chi connectivity index (χ1n) is 19.7. The Hall–Kier alpha value is -4.65. The quantitative estimate of drug-likeness (QED) is 0.0291. The number of esters is 1. The summed E-state index contributed by atoms with van der Waals surface area (Å²) in [4.78, 5) is 52.4. The molecule has 6 N–H and O–H groups in total. The number of nitrogens with two attached hydrogens (primary N) is 1. The van der Waals surface area contributed by atoms with Gasteiger partial charge in [0.1, 0.15) is 5.82 Å². The number of nitrogens with zero attached hydrogens (tertiary/aromatic N) is 2. The molecular weight excluding hydrogens is 695 g/mol. The molecule has 1 saturated heterocycles. The largest absolute Gasteiger partial charge is 0.463 e. The molecule has 1 aromatic heterocycles. The van der Waals surface area contributed by atoms with Gasteiger partial charge in [0.25, 0.3) is 5.60 Å². The highest BCUT2D eigenvalue weighted by Crippen LogP contribution is 2.59. The molecule has 1 fully saturated rings. The van der Waals surface area contributed by atoms with Crippen LogP contribution in [0, 0.1) is 17.8 Å². The molecule has 0 spiro atoms. The third-order valence-electron chi connectivity index (χ3n) is 11.3. The second-order valence-corrected chi connectivity index (χ2v) is 15.7. The van der Waals surface area contributed by atoms with Crippen LogP contribution >= 0.6 is 0 Å². The number of nitrogens with one attached hydrogen (secondary N) is 4. The maximum absolute atomic E-state index is 14.8. The number of benzene rings is 1. The summed E-state index contributed by atoms with van der Waals surface area (Å²) in [7, 11) is 3.46. The van der Waals surface area contributed by atoms with E-state index in [-0.39, 0.29) is 54.3 Å². The highest BCUT2D eigenvalue weighted by molar-refractivity contribution is 6.33. The number of pyridine rings is 1. The van der Waals surface area contributed by atoms with Crippen LogP contribution in [0.25, 0.3) is 0 Å². The van der Waals surface area contributed by atoms with Crippen molar-refractivity contribution in [2.45, 2.75) is 89.5 Å². The number of rotatable bonds is 16. The smallest absolute Gasteiger partial charge is 0.350 e. The Bertz CT molecular complexity index is 1900. The predicted molar refractivity (Wildman–Crippen MR) is 215 cm³/mol. The summed E-state index contributed by atoms with van der Waals surface area (Å²) in [5.41, 5.74) is 6.82. The molecule has 6 rings (SSSR count). The van der Waals surface area contributed by atoms with Gasteiger partial charge in [-0.3, -0.25) is 14.6 Å². The van der Waals surface area contributed by atoms with Gasteiger partial charge in [-0.25, -0.2) is 9.78 Å². The number of likely N-dealkylation sites (N-methyl/N-ethyl adjacent to an activating group) is 1. The average Bonchev–Trinajstić information content (AvgIpc) is 3.89. The van der Waals surface area contributed by atoms with Crippen molar-refractivity contribution in [2.75, 3.05) is 39.2 Å². The Kier molecular flexibility index (Phi) is 12.4. The van der Waals surface area contributed by atoms with Gasteiger partial charge in [-0.05, 0) is 93.3 Å². The van der Waals surface area contributed by atoms with Crippen molar-refractivity contribution in [2.24, 2.45) is 28.5 Å². The van der Waals surface area contributed by atoms with Gasteiger partial charge in [-0.2, -0.15) is 0 Å². The van der Waals surface area contributed by atoms with Crippen LogP contribution in [-0.4, -0.2) is 79.6 Å². The van der Waals surface area contributed by atoms with E-state index in [1.807, 2.05) is 38.2 Å². The topological polar surface area (TPSA) is 172 Å². The molecule has 0 saturated carbocycles. The number of anilines is 1. The molecule has 0 bridgehead atoms. The molecule has 4 aliphatic rings. The number of ketones is 2. The lowest BCUT2D eigenvalue weighted by Crippen LogP contribution is -2.51. The molecular formula is C43H57N7O5. The SMILES string of the molecule is CCNC1C=C2C=CCCC2CC1COC(=O)C12OC1(CC=C(C)CC(NC(N)=NC)c1ccnc(NCNC)c1)C(=O)c1cccc(CC(C)C)c1C2=O. The van der Waals surface area contributed by atoms with Crippen molar-refractivity contribution >= 4 is 29.3 Å². The standard InChI is InChI=1S/C43H57N7O5/c1-7-47-34-22-29-12-9-8-11-28(29)21-32(34)24-54-40(53)43-39(52)37-31(19-26(2)3)13-10-14-33(37)38(51)42(43,55-43)17-15-27(4)20-35(50-41(44)46-6)30-16-18-48-36(23-30)49-25-45-5/h9-10,12-16,18,22-23,26,28,32,34-35,45,47H,7-8,11,17,19-21,24-25H2,1-6H3,(H,48,49)(H3,44,46,50). The minimum Gasteiger partial charge on any atom is -0.463 e. The van der Waals surface area contributed by atoms with Crippen LogP contribution in [0.2, 0.25) is 0 Å². The maximum atomic E-state index is 14.8. The zero-order valence-corrected chi connectivity index (χ0v) is 33.0. The summed E-state index contributed by atoms with van der Waals surface area (Å²) in [5.74, 6) is -0.0564. The molecule has 2 heterocycles. The Morgan fingerprint density at radius 2 is 2.04 bits per heavy atom. The Morgan fingerprint density at radius 3 is 2.78 bits per heavy atom. The summed E-state index contributed by atoms with van der Waals surface area (Å²) in [6.07, 6.45) is 14.3. The van der Waals surface area contributed by atoms with Crippen LogP contribution in [0.1, 0.15) is 97.7 Å². The minimum atomic E-state index is -2.06. The minimum absolute atomic E-state index is 0.0136. The number of hydrogen-bond acceptors (Lipinski definition) is 10. The molecule has 1 aliphatic heterocycles. The number of aliphatic imine (C=N–C) groups is 1. The number of aromatic nitrogens is 1. The second-order valence-electron chi connectivity index (χ2n) is 15.7. The van der Waals surface area contributed by atoms with Crippen LogP contribution in [0.5, 0.6) is 0 Å². The average molecular weight is 752 g/mol. The van der Waals surface area contributed by atoms with Crippen molar-refractivity contribution in [3.63, 3.8) is 0 Å². The van der Waals surface area contributed by atoms with E-state index in [4.69, 9.17) is 15.2 Å².